The quantitative estimate of drug-likeness (QED) is 0.718. The van der Waals surface area contributed by atoms with Crippen LogP contribution in [0, 0.1) is 0 Å². The van der Waals surface area contributed by atoms with E-state index in [1.54, 1.807) is 23.0 Å². The fourth-order valence-electron chi connectivity index (χ4n) is 3.17. The average molecular weight is 342 g/mol. The summed E-state index contributed by atoms with van der Waals surface area (Å²) in [6, 6.07) is 5.81. The molecule has 3 aromatic rings. The first-order valence-corrected chi connectivity index (χ1v) is 8.32. The molecule has 0 N–H and O–H groups in total. The van der Waals surface area contributed by atoms with Gasteiger partial charge in [0.2, 0.25) is 5.78 Å². The fourth-order valence-corrected chi connectivity index (χ4v) is 3.32. The van der Waals surface area contributed by atoms with Gasteiger partial charge in [0, 0.05) is 25.1 Å². The Kier molecular flexibility index (Phi) is 3.90. The van der Waals surface area contributed by atoms with Crippen molar-refractivity contribution in [3.05, 3.63) is 59.4 Å². The maximum absolute atomic E-state index is 13.0. The van der Waals surface area contributed by atoms with Crippen LogP contribution in [0.5, 0.6) is 0 Å². The zero-order chi connectivity index (χ0) is 16.5. The van der Waals surface area contributed by atoms with E-state index in [2.05, 4.69) is 15.0 Å². The van der Waals surface area contributed by atoms with Crippen LogP contribution in [0.2, 0.25) is 5.02 Å². The number of pyridine rings is 1. The highest BCUT2D eigenvalue weighted by molar-refractivity contribution is 6.30. The van der Waals surface area contributed by atoms with E-state index in [0.717, 1.165) is 25.0 Å². The van der Waals surface area contributed by atoms with Crippen LogP contribution in [-0.2, 0) is 0 Å². The van der Waals surface area contributed by atoms with Crippen LogP contribution >= 0.6 is 11.6 Å². The molecule has 122 valence electrons. The molecule has 0 bridgehead atoms. The molecule has 0 aromatic carbocycles. The number of carbonyl (C=O) groups excluding carboxylic acids is 1. The summed E-state index contributed by atoms with van der Waals surface area (Å²) in [7, 11) is 0. The molecule has 4 heterocycles. The van der Waals surface area contributed by atoms with Crippen molar-refractivity contribution in [2.75, 3.05) is 6.54 Å². The van der Waals surface area contributed by atoms with Gasteiger partial charge in [-0.2, -0.15) is 0 Å². The van der Waals surface area contributed by atoms with Gasteiger partial charge >= 0.3 is 0 Å². The first-order chi connectivity index (χ1) is 11.7. The van der Waals surface area contributed by atoms with E-state index in [0.29, 0.717) is 23.0 Å². The van der Waals surface area contributed by atoms with Crippen LogP contribution < -0.4 is 0 Å². The van der Waals surface area contributed by atoms with Crippen LogP contribution in [-0.4, -0.2) is 36.7 Å². The summed E-state index contributed by atoms with van der Waals surface area (Å²) in [6.45, 7) is 0.710. The third-order valence-corrected chi connectivity index (χ3v) is 4.49. The summed E-state index contributed by atoms with van der Waals surface area (Å²) in [4.78, 5) is 27.8. The number of piperidine rings is 1. The van der Waals surface area contributed by atoms with Gasteiger partial charge in [0.15, 0.2) is 0 Å². The lowest BCUT2D eigenvalue weighted by Gasteiger charge is -2.34. The van der Waals surface area contributed by atoms with Crippen molar-refractivity contribution < 1.29 is 4.79 Å². The number of likely N-dealkylation sites (tertiary alicyclic amines) is 1. The van der Waals surface area contributed by atoms with Crippen molar-refractivity contribution in [1.82, 2.24) is 24.3 Å². The maximum Gasteiger partial charge on any atom is 0.274 e. The van der Waals surface area contributed by atoms with Crippen LogP contribution in [0.1, 0.15) is 41.5 Å². The normalized spacial score (nSPS) is 18.0. The Labute approximate surface area is 144 Å². The number of hydrogen-bond acceptors (Lipinski definition) is 4. The Morgan fingerprint density at radius 3 is 2.96 bits per heavy atom. The molecule has 1 fully saturated rings. The summed E-state index contributed by atoms with van der Waals surface area (Å²) >= 11 is 5.94. The lowest BCUT2D eigenvalue weighted by atomic mass is 9.98. The Balaban J connectivity index is 1.67. The highest BCUT2D eigenvalue weighted by atomic mass is 35.5. The number of hydrogen-bond donors (Lipinski definition) is 0. The summed E-state index contributed by atoms with van der Waals surface area (Å²) in [5, 5.41) is 0.503. The summed E-state index contributed by atoms with van der Waals surface area (Å²) < 4.78 is 1.68. The average Bonchev–Trinajstić information content (AvgIpc) is 3.05. The van der Waals surface area contributed by atoms with Gasteiger partial charge in [-0.15, -0.1) is 0 Å². The van der Waals surface area contributed by atoms with Crippen molar-refractivity contribution in [2.24, 2.45) is 0 Å². The number of fused-ring (bicyclic) bond motifs is 1. The molecule has 1 aliphatic rings. The number of nitrogens with zero attached hydrogens (tertiary/aromatic N) is 5. The zero-order valence-electron chi connectivity index (χ0n) is 13.0. The minimum absolute atomic E-state index is 0.00573. The second-order valence-corrected chi connectivity index (χ2v) is 6.31. The summed E-state index contributed by atoms with van der Waals surface area (Å²) in [5.41, 5.74) is 1.31. The Hall–Kier alpha value is -2.47. The molecule has 1 atom stereocenters. The zero-order valence-corrected chi connectivity index (χ0v) is 13.7. The van der Waals surface area contributed by atoms with Gasteiger partial charge in [0.05, 0.1) is 23.0 Å². The Morgan fingerprint density at radius 1 is 1.21 bits per heavy atom. The number of halogens is 1. The van der Waals surface area contributed by atoms with E-state index in [9.17, 15) is 4.79 Å². The maximum atomic E-state index is 13.0. The fraction of sp³-hybridized carbons (Fsp3) is 0.294. The summed E-state index contributed by atoms with van der Waals surface area (Å²) in [6.07, 6.45) is 9.67. The second-order valence-electron chi connectivity index (χ2n) is 5.87. The standard InChI is InChI=1S/C17H16ClN5O/c18-12-9-20-17-21-14(11-22(17)10-12)16(24)23-8-4-2-6-15(23)13-5-1-3-7-19-13/h1,3,5,7,9-11,15H,2,4,6,8H2. The first-order valence-electron chi connectivity index (χ1n) is 7.94. The first kappa shape index (κ1) is 15.1. The molecule has 1 unspecified atom stereocenters. The van der Waals surface area contributed by atoms with Gasteiger partial charge < -0.3 is 4.90 Å². The van der Waals surface area contributed by atoms with Gasteiger partial charge in [-0.3, -0.25) is 14.2 Å². The highest BCUT2D eigenvalue weighted by Crippen LogP contribution is 2.30. The van der Waals surface area contributed by atoms with Crippen molar-refractivity contribution in [3.8, 4) is 0 Å². The molecule has 4 rings (SSSR count). The molecule has 0 aliphatic carbocycles. The SMILES string of the molecule is O=C(c1cn2cc(Cl)cnc2n1)N1CCCCC1c1ccccn1. The highest BCUT2D eigenvalue weighted by Gasteiger charge is 2.30. The molecule has 1 aliphatic heterocycles. The van der Waals surface area contributed by atoms with E-state index in [1.807, 2.05) is 23.1 Å². The molecule has 24 heavy (non-hydrogen) atoms. The lowest BCUT2D eigenvalue weighted by molar-refractivity contribution is 0.0600. The van der Waals surface area contributed by atoms with E-state index in [4.69, 9.17) is 11.6 Å². The van der Waals surface area contributed by atoms with Crippen LogP contribution in [0.4, 0.5) is 0 Å². The van der Waals surface area contributed by atoms with Gasteiger partial charge in [-0.25, -0.2) is 9.97 Å². The smallest absolute Gasteiger partial charge is 0.274 e. The van der Waals surface area contributed by atoms with Gasteiger partial charge in [-0.1, -0.05) is 17.7 Å². The molecule has 0 spiro atoms. The minimum atomic E-state index is -0.0908. The number of aromatic nitrogens is 4. The monoisotopic (exact) mass is 341 g/mol. The van der Waals surface area contributed by atoms with E-state index in [-0.39, 0.29) is 11.9 Å². The van der Waals surface area contributed by atoms with Crippen LogP contribution in [0.15, 0.2) is 43.0 Å². The van der Waals surface area contributed by atoms with E-state index >= 15 is 0 Å². The van der Waals surface area contributed by atoms with Crippen LogP contribution in [0.3, 0.4) is 0 Å². The Morgan fingerprint density at radius 2 is 2.12 bits per heavy atom. The second kappa shape index (κ2) is 6.20. The molecule has 6 nitrogen and oxygen atoms in total. The van der Waals surface area contributed by atoms with Crippen molar-refractivity contribution >= 4 is 23.3 Å². The third kappa shape index (κ3) is 2.73. The molecule has 0 radical (unpaired) electrons. The van der Waals surface area contributed by atoms with Crippen molar-refractivity contribution in [1.29, 1.82) is 0 Å². The number of imidazole rings is 1. The number of rotatable bonds is 2. The lowest BCUT2D eigenvalue weighted by Crippen LogP contribution is -2.39. The molecular weight excluding hydrogens is 326 g/mol. The van der Waals surface area contributed by atoms with Crippen molar-refractivity contribution in [2.45, 2.75) is 25.3 Å². The largest absolute Gasteiger partial charge is 0.329 e. The van der Waals surface area contributed by atoms with Gasteiger partial charge in [0.1, 0.15) is 5.69 Å². The van der Waals surface area contributed by atoms with Gasteiger partial charge in [0.25, 0.3) is 5.91 Å². The predicted molar refractivity (Wildman–Crippen MR) is 89.9 cm³/mol. The predicted octanol–water partition coefficient (Wildman–Crippen LogP) is 3.15. The third-order valence-electron chi connectivity index (χ3n) is 4.29. The number of amides is 1. The molecular formula is C17H16ClN5O. The minimum Gasteiger partial charge on any atom is -0.329 e. The molecule has 1 saturated heterocycles. The van der Waals surface area contributed by atoms with Crippen molar-refractivity contribution in [3.63, 3.8) is 0 Å². The number of carbonyl (C=O) groups is 1. The molecule has 3 aromatic heterocycles. The van der Waals surface area contributed by atoms with E-state index in [1.165, 1.54) is 6.20 Å². The Bertz CT molecular complexity index is 879. The molecule has 7 heteroatoms. The topological polar surface area (TPSA) is 63.4 Å². The van der Waals surface area contributed by atoms with Crippen LogP contribution in [0.25, 0.3) is 5.78 Å². The summed E-state index contributed by atoms with van der Waals surface area (Å²) in [5.74, 6) is 0.376. The van der Waals surface area contributed by atoms with E-state index < -0.39 is 0 Å². The molecule has 0 saturated carbocycles. The van der Waals surface area contributed by atoms with Gasteiger partial charge in [-0.05, 0) is 31.4 Å². The molecule has 1 amide bonds.